The fourth-order valence-corrected chi connectivity index (χ4v) is 4.72. The zero-order valence-electron chi connectivity index (χ0n) is 17.5. The Kier molecular flexibility index (Phi) is 5.58. The molecule has 164 valence electrons. The molecule has 1 fully saturated rings. The minimum absolute atomic E-state index is 0.0656. The molecule has 1 aliphatic heterocycles. The third kappa shape index (κ3) is 4.33. The van der Waals surface area contributed by atoms with Gasteiger partial charge in [0.1, 0.15) is 12.3 Å². The molecule has 2 aromatic carbocycles. The number of nitrogens with zero attached hydrogens (tertiary/aromatic N) is 3. The Labute approximate surface area is 194 Å². The second-order valence-corrected chi connectivity index (χ2v) is 8.52. The Balaban J connectivity index is 1.55. The van der Waals surface area contributed by atoms with Gasteiger partial charge in [-0.05, 0) is 48.2 Å². The van der Waals surface area contributed by atoms with E-state index in [9.17, 15) is 9.59 Å². The van der Waals surface area contributed by atoms with Crippen LogP contribution < -0.4 is 5.73 Å². The number of fused-ring (bicyclic) bond motifs is 1. The predicted octanol–water partition coefficient (Wildman–Crippen LogP) is 4.52. The van der Waals surface area contributed by atoms with Crippen molar-refractivity contribution in [3.63, 3.8) is 0 Å². The number of hydrogen-bond donors (Lipinski definition) is 1. The van der Waals surface area contributed by atoms with Gasteiger partial charge in [-0.25, -0.2) is 4.99 Å². The van der Waals surface area contributed by atoms with Crippen molar-refractivity contribution in [2.45, 2.75) is 13.1 Å². The van der Waals surface area contributed by atoms with Gasteiger partial charge in [-0.15, -0.1) is 0 Å². The topological polar surface area (TPSA) is 93.8 Å². The van der Waals surface area contributed by atoms with Gasteiger partial charge >= 0.3 is 0 Å². The number of aliphatic imine (C=N–C) groups is 1. The van der Waals surface area contributed by atoms with Crippen LogP contribution in [0.1, 0.15) is 11.3 Å². The Morgan fingerprint density at radius 2 is 1.85 bits per heavy atom. The smallest absolute Gasteiger partial charge is 0.267 e. The summed E-state index contributed by atoms with van der Waals surface area (Å²) >= 11 is 1.32. The van der Waals surface area contributed by atoms with Gasteiger partial charge in [0.05, 0.1) is 23.4 Å². The normalized spacial score (nSPS) is 16.4. The zero-order valence-corrected chi connectivity index (χ0v) is 18.4. The van der Waals surface area contributed by atoms with Crippen LogP contribution in [-0.2, 0) is 22.7 Å². The first-order valence-electron chi connectivity index (χ1n) is 10.3. The van der Waals surface area contributed by atoms with Gasteiger partial charge in [0, 0.05) is 22.7 Å². The maximum Gasteiger partial charge on any atom is 0.267 e. The van der Waals surface area contributed by atoms with Crippen LogP contribution in [0.2, 0.25) is 0 Å². The molecule has 0 saturated carbocycles. The first-order chi connectivity index (χ1) is 16.1. The molecule has 1 aliphatic rings. The fourth-order valence-electron chi connectivity index (χ4n) is 3.73. The summed E-state index contributed by atoms with van der Waals surface area (Å²) in [4.78, 5) is 31.8. The summed E-state index contributed by atoms with van der Waals surface area (Å²) in [5, 5.41) is 1.51. The highest BCUT2D eigenvalue weighted by atomic mass is 32.2. The molecule has 0 unspecified atom stereocenters. The van der Waals surface area contributed by atoms with Crippen molar-refractivity contribution in [1.82, 2.24) is 9.47 Å². The maximum absolute atomic E-state index is 13.4. The Morgan fingerprint density at radius 1 is 1.06 bits per heavy atom. The number of carbonyl (C=O) groups is 2. The average molecular weight is 457 g/mol. The van der Waals surface area contributed by atoms with E-state index in [2.05, 4.69) is 0 Å². The molecule has 1 saturated heterocycles. The molecule has 8 heteroatoms. The standard InChI is InChI=1S/C25H20N4O3S/c26-23(30)16-28-14-17(20-10-4-5-11-21(20)28)13-22-24(31)29(15-19-9-6-12-32-19)25(33-22)27-18-7-2-1-3-8-18/h1-14H,15-16H2,(H2,26,30)/b22-13-,27-25?. The summed E-state index contributed by atoms with van der Waals surface area (Å²) in [6.45, 7) is 0.349. The van der Waals surface area contributed by atoms with E-state index < -0.39 is 5.91 Å². The maximum atomic E-state index is 13.4. The number of primary amides is 1. The summed E-state index contributed by atoms with van der Waals surface area (Å²) in [5.74, 6) is 0.0880. The molecule has 4 aromatic rings. The van der Waals surface area contributed by atoms with Crippen LogP contribution in [0.15, 0.2) is 93.5 Å². The number of nitrogens with two attached hydrogens (primary N) is 1. The first kappa shape index (κ1) is 20.8. The molecule has 3 heterocycles. The molecule has 0 radical (unpaired) electrons. The number of carbonyl (C=O) groups excluding carboxylic acids is 2. The molecule has 2 aromatic heterocycles. The van der Waals surface area contributed by atoms with E-state index in [1.165, 1.54) is 11.8 Å². The summed E-state index contributed by atoms with van der Waals surface area (Å²) in [6, 6.07) is 20.9. The summed E-state index contributed by atoms with van der Waals surface area (Å²) in [6.07, 6.45) is 5.27. The van der Waals surface area contributed by atoms with Gasteiger partial charge in [0.2, 0.25) is 5.91 Å². The van der Waals surface area contributed by atoms with E-state index in [1.54, 1.807) is 21.8 Å². The lowest BCUT2D eigenvalue weighted by atomic mass is 10.1. The molecule has 0 atom stereocenters. The van der Waals surface area contributed by atoms with Crippen molar-refractivity contribution in [1.29, 1.82) is 0 Å². The van der Waals surface area contributed by atoms with Gasteiger partial charge in [0.15, 0.2) is 5.17 Å². The largest absolute Gasteiger partial charge is 0.467 e. The van der Waals surface area contributed by atoms with E-state index in [0.717, 1.165) is 22.2 Å². The molecule has 33 heavy (non-hydrogen) atoms. The summed E-state index contributed by atoms with van der Waals surface area (Å²) < 4.78 is 7.27. The van der Waals surface area contributed by atoms with Gasteiger partial charge in [-0.3, -0.25) is 14.5 Å². The van der Waals surface area contributed by atoms with Gasteiger partial charge < -0.3 is 14.7 Å². The van der Waals surface area contributed by atoms with Gasteiger partial charge in [0.25, 0.3) is 5.91 Å². The lowest BCUT2D eigenvalue weighted by Crippen LogP contribution is -2.28. The lowest BCUT2D eigenvalue weighted by Gasteiger charge is -2.13. The number of furan rings is 1. The Hall–Kier alpha value is -4.04. The number of rotatable bonds is 6. The SMILES string of the molecule is NC(=O)Cn1cc(/C=C2\SC(=Nc3ccccc3)N(Cc3ccco3)C2=O)c2ccccc21. The van der Waals surface area contributed by atoms with Crippen molar-refractivity contribution in [3.05, 3.63) is 95.4 Å². The fraction of sp³-hybridized carbons (Fsp3) is 0.0800. The average Bonchev–Trinajstić information content (AvgIpc) is 3.51. The molecule has 0 spiro atoms. The minimum atomic E-state index is -0.428. The second-order valence-electron chi connectivity index (χ2n) is 7.51. The van der Waals surface area contributed by atoms with Crippen molar-refractivity contribution < 1.29 is 14.0 Å². The Bertz CT molecular complexity index is 1390. The van der Waals surface area contributed by atoms with Crippen LogP contribution in [0.5, 0.6) is 0 Å². The second kappa shape index (κ2) is 8.84. The van der Waals surface area contributed by atoms with E-state index >= 15 is 0 Å². The number of amidine groups is 1. The number of thioether (sulfide) groups is 1. The number of aromatic nitrogens is 1. The quantitative estimate of drug-likeness (QED) is 0.432. The monoisotopic (exact) mass is 456 g/mol. The van der Waals surface area contributed by atoms with E-state index in [0.29, 0.717) is 15.8 Å². The number of para-hydroxylation sites is 2. The third-order valence-electron chi connectivity index (χ3n) is 5.20. The van der Waals surface area contributed by atoms with Crippen molar-refractivity contribution in [2.75, 3.05) is 0 Å². The first-order valence-corrected chi connectivity index (χ1v) is 11.1. The highest BCUT2D eigenvalue weighted by molar-refractivity contribution is 8.18. The van der Waals surface area contributed by atoms with E-state index in [1.807, 2.05) is 72.9 Å². The molecule has 0 aliphatic carbocycles. The van der Waals surface area contributed by atoms with Gasteiger partial charge in [-0.2, -0.15) is 0 Å². The highest BCUT2D eigenvalue weighted by Crippen LogP contribution is 2.36. The molecule has 0 bridgehead atoms. The Morgan fingerprint density at radius 3 is 2.61 bits per heavy atom. The van der Waals surface area contributed by atoms with Crippen LogP contribution in [0, 0.1) is 0 Å². The van der Waals surface area contributed by atoms with Gasteiger partial charge in [-0.1, -0.05) is 36.4 Å². The molecular formula is C25H20N4O3S. The molecule has 5 rings (SSSR count). The molecule has 7 nitrogen and oxygen atoms in total. The number of amides is 2. The number of hydrogen-bond acceptors (Lipinski definition) is 5. The van der Waals surface area contributed by atoms with Crippen LogP contribution in [0.25, 0.3) is 17.0 Å². The highest BCUT2D eigenvalue weighted by Gasteiger charge is 2.34. The van der Waals surface area contributed by atoms with Crippen LogP contribution in [0.3, 0.4) is 0 Å². The molecular weight excluding hydrogens is 436 g/mol. The van der Waals surface area contributed by atoms with Crippen LogP contribution in [0.4, 0.5) is 5.69 Å². The van der Waals surface area contributed by atoms with Crippen LogP contribution in [-0.4, -0.2) is 26.4 Å². The van der Waals surface area contributed by atoms with Crippen molar-refractivity contribution >= 4 is 51.4 Å². The van der Waals surface area contributed by atoms with Crippen molar-refractivity contribution in [2.24, 2.45) is 10.7 Å². The zero-order chi connectivity index (χ0) is 22.8. The lowest BCUT2D eigenvalue weighted by molar-refractivity contribution is -0.122. The summed E-state index contributed by atoms with van der Waals surface area (Å²) in [5.41, 5.74) is 7.89. The van der Waals surface area contributed by atoms with E-state index in [-0.39, 0.29) is 19.0 Å². The van der Waals surface area contributed by atoms with Crippen molar-refractivity contribution in [3.8, 4) is 0 Å². The summed E-state index contributed by atoms with van der Waals surface area (Å²) in [7, 11) is 0. The molecule has 2 amide bonds. The van der Waals surface area contributed by atoms with Crippen LogP contribution >= 0.6 is 11.8 Å². The third-order valence-corrected chi connectivity index (χ3v) is 6.20. The predicted molar refractivity (Wildman–Crippen MR) is 129 cm³/mol. The van der Waals surface area contributed by atoms with E-state index in [4.69, 9.17) is 15.1 Å². The molecule has 2 N–H and O–H groups in total. The number of benzene rings is 2. The minimum Gasteiger partial charge on any atom is -0.467 e.